The summed E-state index contributed by atoms with van der Waals surface area (Å²) >= 11 is 0. The van der Waals surface area contributed by atoms with Crippen molar-refractivity contribution < 1.29 is 4.79 Å². The molecule has 100 valence electrons. The van der Waals surface area contributed by atoms with E-state index < -0.39 is 0 Å². The normalized spacial score (nSPS) is 9.60. The Morgan fingerprint density at radius 1 is 1.20 bits per heavy atom. The maximum Gasteiger partial charge on any atom is 0.319 e. The summed E-state index contributed by atoms with van der Waals surface area (Å²) in [5.74, 6) is 0. The molecular formula is C16H15N3O. The van der Waals surface area contributed by atoms with Crippen LogP contribution in [0.4, 0.5) is 10.5 Å². The molecular weight excluding hydrogens is 250 g/mol. The lowest BCUT2D eigenvalue weighted by Crippen LogP contribution is -2.28. The lowest BCUT2D eigenvalue weighted by molar-refractivity contribution is 0.251. The standard InChI is InChI=1S/C16H15N3O/c1-12-5-4-6-13(9-12)11-18-16(20)19-15-8-3-2-7-14(15)10-17/h2-9H,11H2,1H3,(H2,18,19,20). The number of benzene rings is 2. The molecule has 4 heteroatoms. The van der Waals surface area contributed by atoms with Gasteiger partial charge in [-0.25, -0.2) is 4.79 Å². The highest BCUT2D eigenvalue weighted by Crippen LogP contribution is 2.13. The smallest absolute Gasteiger partial charge is 0.319 e. The molecule has 2 amide bonds. The third kappa shape index (κ3) is 3.59. The van der Waals surface area contributed by atoms with E-state index in [0.29, 0.717) is 17.8 Å². The number of nitriles is 1. The molecule has 0 saturated carbocycles. The number of nitrogens with one attached hydrogen (secondary N) is 2. The molecule has 0 radical (unpaired) electrons. The Kier molecular flexibility index (Phi) is 4.35. The van der Waals surface area contributed by atoms with Gasteiger partial charge < -0.3 is 10.6 Å². The van der Waals surface area contributed by atoms with E-state index in [9.17, 15) is 4.79 Å². The summed E-state index contributed by atoms with van der Waals surface area (Å²) < 4.78 is 0. The van der Waals surface area contributed by atoms with Crippen molar-refractivity contribution in [1.29, 1.82) is 5.26 Å². The molecule has 2 aromatic rings. The SMILES string of the molecule is Cc1cccc(CNC(=O)Nc2ccccc2C#N)c1. The molecule has 0 fully saturated rings. The Morgan fingerprint density at radius 2 is 2.00 bits per heavy atom. The number of aryl methyl sites for hydroxylation is 1. The van der Waals surface area contributed by atoms with Crippen LogP contribution >= 0.6 is 0 Å². The second kappa shape index (κ2) is 6.39. The van der Waals surface area contributed by atoms with Gasteiger partial charge in [0.25, 0.3) is 0 Å². The first-order valence-corrected chi connectivity index (χ1v) is 6.28. The minimum absolute atomic E-state index is 0.325. The van der Waals surface area contributed by atoms with Crippen molar-refractivity contribution in [2.45, 2.75) is 13.5 Å². The second-order valence-electron chi connectivity index (χ2n) is 4.45. The van der Waals surface area contributed by atoms with Gasteiger partial charge in [-0.2, -0.15) is 5.26 Å². The number of carbonyl (C=O) groups excluding carboxylic acids is 1. The zero-order valence-corrected chi connectivity index (χ0v) is 11.2. The lowest BCUT2D eigenvalue weighted by atomic mass is 10.1. The van der Waals surface area contributed by atoms with E-state index in [-0.39, 0.29) is 6.03 Å². The summed E-state index contributed by atoms with van der Waals surface area (Å²) in [6.45, 7) is 2.45. The monoisotopic (exact) mass is 265 g/mol. The van der Waals surface area contributed by atoms with Gasteiger partial charge in [0, 0.05) is 6.54 Å². The molecule has 20 heavy (non-hydrogen) atoms. The van der Waals surface area contributed by atoms with E-state index in [1.807, 2.05) is 37.3 Å². The zero-order valence-electron chi connectivity index (χ0n) is 11.2. The fourth-order valence-corrected chi connectivity index (χ4v) is 1.86. The highest BCUT2D eigenvalue weighted by atomic mass is 16.2. The number of hydrogen-bond donors (Lipinski definition) is 2. The van der Waals surface area contributed by atoms with Crippen molar-refractivity contribution in [2.75, 3.05) is 5.32 Å². The first kappa shape index (κ1) is 13.6. The minimum Gasteiger partial charge on any atom is -0.334 e. The Morgan fingerprint density at radius 3 is 2.75 bits per heavy atom. The number of carbonyl (C=O) groups is 1. The van der Waals surface area contributed by atoms with Crippen molar-refractivity contribution >= 4 is 11.7 Å². The predicted octanol–water partition coefficient (Wildman–Crippen LogP) is 3.19. The molecule has 2 N–H and O–H groups in total. The number of rotatable bonds is 3. The van der Waals surface area contributed by atoms with Crippen LogP contribution in [-0.2, 0) is 6.54 Å². The van der Waals surface area contributed by atoms with Crippen LogP contribution in [0.25, 0.3) is 0 Å². The van der Waals surface area contributed by atoms with Crippen molar-refractivity contribution in [1.82, 2.24) is 5.32 Å². The van der Waals surface area contributed by atoms with Crippen LogP contribution < -0.4 is 10.6 Å². The Balaban J connectivity index is 1.95. The van der Waals surface area contributed by atoms with Gasteiger partial charge >= 0.3 is 6.03 Å². The fourth-order valence-electron chi connectivity index (χ4n) is 1.86. The molecule has 0 aliphatic rings. The van der Waals surface area contributed by atoms with Gasteiger partial charge in [-0.15, -0.1) is 0 Å². The fraction of sp³-hybridized carbons (Fsp3) is 0.125. The van der Waals surface area contributed by atoms with Crippen LogP contribution in [0.3, 0.4) is 0 Å². The molecule has 4 nitrogen and oxygen atoms in total. The molecule has 0 spiro atoms. The number of hydrogen-bond acceptors (Lipinski definition) is 2. The number of para-hydroxylation sites is 1. The van der Waals surface area contributed by atoms with Crippen LogP contribution in [0.2, 0.25) is 0 Å². The summed E-state index contributed by atoms with van der Waals surface area (Å²) in [4.78, 5) is 11.8. The molecule has 0 aliphatic carbocycles. The minimum atomic E-state index is -0.325. The van der Waals surface area contributed by atoms with Crippen LogP contribution in [0, 0.1) is 18.3 Å². The van der Waals surface area contributed by atoms with Crippen LogP contribution in [0.1, 0.15) is 16.7 Å². The van der Waals surface area contributed by atoms with Gasteiger partial charge in [0.2, 0.25) is 0 Å². The number of urea groups is 1. The van der Waals surface area contributed by atoms with E-state index in [2.05, 4.69) is 10.6 Å². The van der Waals surface area contributed by atoms with Crippen LogP contribution in [0.5, 0.6) is 0 Å². The second-order valence-corrected chi connectivity index (χ2v) is 4.45. The molecule has 0 atom stereocenters. The largest absolute Gasteiger partial charge is 0.334 e. The number of nitrogens with zero attached hydrogens (tertiary/aromatic N) is 1. The molecule has 2 aromatic carbocycles. The van der Waals surface area contributed by atoms with E-state index in [4.69, 9.17) is 5.26 Å². The van der Waals surface area contributed by atoms with Gasteiger partial charge in [0.05, 0.1) is 11.3 Å². The van der Waals surface area contributed by atoms with Gasteiger partial charge in [0.1, 0.15) is 6.07 Å². The predicted molar refractivity (Wildman–Crippen MR) is 78.2 cm³/mol. The van der Waals surface area contributed by atoms with Crippen molar-refractivity contribution in [3.8, 4) is 6.07 Å². The third-order valence-corrected chi connectivity index (χ3v) is 2.83. The Labute approximate surface area is 118 Å². The lowest BCUT2D eigenvalue weighted by Gasteiger charge is -2.09. The van der Waals surface area contributed by atoms with Crippen LogP contribution in [0.15, 0.2) is 48.5 Å². The van der Waals surface area contributed by atoms with Crippen LogP contribution in [-0.4, -0.2) is 6.03 Å². The van der Waals surface area contributed by atoms with E-state index >= 15 is 0 Å². The van der Waals surface area contributed by atoms with Crippen molar-refractivity contribution in [2.24, 2.45) is 0 Å². The molecule has 0 saturated heterocycles. The molecule has 0 bridgehead atoms. The Hall–Kier alpha value is -2.80. The average molecular weight is 265 g/mol. The topological polar surface area (TPSA) is 64.9 Å². The molecule has 0 aromatic heterocycles. The Bertz CT molecular complexity index is 659. The maximum atomic E-state index is 11.8. The van der Waals surface area contributed by atoms with Gasteiger partial charge in [-0.1, -0.05) is 42.0 Å². The first-order chi connectivity index (χ1) is 9.69. The summed E-state index contributed by atoms with van der Waals surface area (Å²) in [5, 5.41) is 14.4. The summed E-state index contributed by atoms with van der Waals surface area (Å²) in [5.41, 5.74) is 3.14. The molecule has 0 aliphatic heterocycles. The van der Waals surface area contributed by atoms with Gasteiger partial charge in [-0.05, 0) is 24.6 Å². The molecule has 2 rings (SSSR count). The number of anilines is 1. The summed E-state index contributed by atoms with van der Waals surface area (Å²) in [6.07, 6.45) is 0. The quantitative estimate of drug-likeness (QED) is 0.895. The first-order valence-electron chi connectivity index (χ1n) is 6.28. The van der Waals surface area contributed by atoms with Crippen molar-refractivity contribution in [3.63, 3.8) is 0 Å². The summed E-state index contributed by atoms with van der Waals surface area (Å²) in [6, 6.07) is 16.5. The average Bonchev–Trinajstić information content (AvgIpc) is 2.46. The van der Waals surface area contributed by atoms with Gasteiger partial charge in [0.15, 0.2) is 0 Å². The molecule has 0 unspecified atom stereocenters. The highest BCUT2D eigenvalue weighted by molar-refractivity contribution is 5.90. The highest BCUT2D eigenvalue weighted by Gasteiger charge is 2.05. The van der Waals surface area contributed by atoms with Crippen molar-refractivity contribution in [3.05, 3.63) is 65.2 Å². The number of amides is 2. The van der Waals surface area contributed by atoms with E-state index in [0.717, 1.165) is 11.1 Å². The van der Waals surface area contributed by atoms with Gasteiger partial charge in [-0.3, -0.25) is 0 Å². The van der Waals surface area contributed by atoms with E-state index in [1.54, 1.807) is 24.3 Å². The summed E-state index contributed by atoms with van der Waals surface area (Å²) in [7, 11) is 0. The zero-order chi connectivity index (χ0) is 14.4. The van der Waals surface area contributed by atoms with E-state index in [1.165, 1.54) is 0 Å². The maximum absolute atomic E-state index is 11.8. The third-order valence-electron chi connectivity index (χ3n) is 2.83. The molecule has 0 heterocycles.